The van der Waals surface area contributed by atoms with Crippen molar-refractivity contribution in [1.82, 2.24) is 20.1 Å². The highest BCUT2D eigenvalue weighted by atomic mass is 32.2. The summed E-state index contributed by atoms with van der Waals surface area (Å²) in [4.78, 5) is 23.5. The number of amides is 3. The van der Waals surface area contributed by atoms with Crippen LogP contribution in [0, 0.1) is 5.92 Å². The number of nitrogens with one attached hydrogen (secondary N) is 1. The monoisotopic (exact) mass is 395 g/mol. The lowest BCUT2D eigenvalue weighted by Gasteiger charge is -2.19. The van der Waals surface area contributed by atoms with Gasteiger partial charge in [0.1, 0.15) is 0 Å². The third-order valence-electron chi connectivity index (χ3n) is 4.02. The smallest absolute Gasteiger partial charge is 0.318 e. The summed E-state index contributed by atoms with van der Waals surface area (Å²) in [6.45, 7) is 3.80. The zero-order valence-electron chi connectivity index (χ0n) is 15.6. The molecule has 0 spiro atoms. The number of aromatic nitrogens is 3. The second-order valence-electron chi connectivity index (χ2n) is 6.48. The van der Waals surface area contributed by atoms with Crippen molar-refractivity contribution in [2.24, 2.45) is 11.7 Å². The van der Waals surface area contributed by atoms with Gasteiger partial charge in [-0.3, -0.25) is 14.7 Å². The van der Waals surface area contributed by atoms with Crippen LogP contribution >= 0.6 is 11.8 Å². The number of benzene rings is 2. The van der Waals surface area contributed by atoms with Crippen LogP contribution in [0.25, 0.3) is 17.1 Å². The van der Waals surface area contributed by atoms with Crippen LogP contribution in [0.3, 0.4) is 0 Å². The molecule has 144 valence electrons. The van der Waals surface area contributed by atoms with Crippen molar-refractivity contribution < 1.29 is 9.59 Å². The molecule has 28 heavy (non-hydrogen) atoms. The summed E-state index contributed by atoms with van der Waals surface area (Å²) in [6.07, 6.45) is 0. The van der Waals surface area contributed by atoms with Crippen LogP contribution in [0.15, 0.2) is 65.8 Å². The number of urea groups is 1. The first-order valence-electron chi connectivity index (χ1n) is 8.80. The van der Waals surface area contributed by atoms with Gasteiger partial charge in [-0.15, -0.1) is 10.2 Å². The number of hydrogen-bond donors (Lipinski definition) is 2. The van der Waals surface area contributed by atoms with Crippen molar-refractivity contribution in [1.29, 1.82) is 0 Å². The molecule has 0 aliphatic heterocycles. The van der Waals surface area contributed by atoms with E-state index in [1.165, 1.54) is 11.8 Å². The Morgan fingerprint density at radius 1 is 1.00 bits per heavy atom. The Morgan fingerprint density at radius 2 is 1.61 bits per heavy atom. The Hall–Kier alpha value is -3.13. The first-order chi connectivity index (χ1) is 13.5. The van der Waals surface area contributed by atoms with Gasteiger partial charge in [-0.05, 0) is 18.1 Å². The molecule has 0 aliphatic rings. The molecule has 8 heteroatoms. The maximum atomic E-state index is 12.4. The highest BCUT2D eigenvalue weighted by Crippen LogP contribution is 2.32. The van der Waals surface area contributed by atoms with Crippen LogP contribution in [0.1, 0.15) is 13.8 Å². The Bertz CT molecular complexity index is 957. The fourth-order valence-electron chi connectivity index (χ4n) is 2.73. The number of imide groups is 1. The SMILES string of the molecule is CC(C)[C@H](Sc1nnc(-c2ccccc2)n1-c1ccccc1)C(=O)NC(N)=O. The van der Waals surface area contributed by atoms with Gasteiger partial charge >= 0.3 is 6.03 Å². The Balaban J connectivity index is 2.05. The fraction of sp³-hybridized carbons (Fsp3) is 0.200. The minimum absolute atomic E-state index is 0.0505. The van der Waals surface area contributed by atoms with E-state index in [0.29, 0.717) is 11.0 Å². The summed E-state index contributed by atoms with van der Waals surface area (Å²) in [5.41, 5.74) is 6.90. The normalized spacial score (nSPS) is 12.0. The molecular weight excluding hydrogens is 374 g/mol. The van der Waals surface area contributed by atoms with Crippen molar-refractivity contribution in [2.75, 3.05) is 0 Å². The van der Waals surface area contributed by atoms with E-state index in [4.69, 9.17) is 5.73 Å². The van der Waals surface area contributed by atoms with Gasteiger partial charge in [0, 0.05) is 11.3 Å². The molecular formula is C20H21N5O2S. The van der Waals surface area contributed by atoms with E-state index in [-0.39, 0.29) is 5.92 Å². The number of nitrogens with two attached hydrogens (primary N) is 1. The average molecular weight is 395 g/mol. The summed E-state index contributed by atoms with van der Waals surface area (Å²) in [6, 6.07) is 18.5. The molecule has 1 aromatic heterocycles. The average Bonchev–Trinajstić information content (AvgIpc) is 3.10. The largest absolute Gasteiger partial charge is 0.351 e. The quantitative estimate of drug-likeness (QED) is 0.624. The second kappa shape index (κ2) is 8.71. The molecule has 0 aliphatic carbocycles. The van der Waals surface area contributed by atoms with Gasteiger partial charge in [-0.25, -0.2) is 4.79 Å². The molecule has 0 saturated heterocycles. The molecule has 3 aromatic rings. The molecule has 1 atom stereocenters. The molecule has 0 fully saturated rings. The maximum absolute atomic E-state index is 12.4. The fourth-order valence-corrected chi connectivity index (χ4v) is 3.78. The standard InChI is InChI=1S/C20H21N5O2S/c1-13(2)16(18(26)22-19(21)27)28-20-24-23-17(14-9-5-3-6-10-14)25(20)15-11-7-4-8-12-15/h3-13,16H,1-2H3,(H3,21,22,26,27)/t16-/m0/s1. The van der Waals surface area contributed by atoms with Crippen molar-refractivity contribution in [3.05, 3.63) is 60.7 Å². The number of carbonyl (C=O) groups excluding carboxylic acids is 2. The van der Waals surface area contributed by atoms with Crippen molar-refractivity contribution in [3.8, 4) is 17.1 Å². The van der Waals surface area contributed by atoms with E-state index >= 15 is 0 Å². The Kier molecular flexibility index (Phi) is 6.10. The van der Waals surface area contributed by atoms with E-state index in [9.17, 15) is 9.59 Å². The molecule has 3 N–H and O–H groups in total. The number of rotatable bonds is 6. The number of para-hydroxylation sites is 1. The molecule has 3 amide bonds. The molecule has 1 heterocycles. The Morgan fingerprint density at radius 3 is 2.18 bits per heavy atom. The number of carbonyl (C=O) groups is 2. The lowest BCUT2D eigenvalue weighted by atomic mass is 10.1. The van der Waals surface area contributed by atoms with E-state index < -0.39 is 17.2 Å². The summed E-state index contributed by atoms with van der Waals surface area (Å²) in [5.74, 6) is 0.175. The van der Waals surface area contributed by atoms with Gasteiger partial charge in [0.25, 0.3) is 0 Å². The van der Waals surface area contributed by atoms with E-state index in [1.54, 1.807) is 0 Å². The summed E-state index contributed by atoms with van der Waals surface area (Å²) < 4.78 is 1.91. The Labute approximate surface area is 167 Å². The first kappa shape index (κ1) is 19.6. The van der Waals surface area contributed by atoms with Crippen LogP contribution in [0.2, 0.25) is 0 Å². The molecule has 2 aromatic carbocycles. The van der Waals surface area contributed by atoms with E-state index in [2.05, 4.69) is 15.5 Å². The van der Waals surface area contributed by atoms with Crippen LogP contribution in [0.4, 0.5) is 4.79 Å². The van der Waals surface area contributed by atoms with Gasteiger partial charge < -0.3 is 5.73 Å². The van der Waals surface area contributed by atoms with Crippen molar-refractivity contribution in [2.45, 2.75) is 24.3 Å². The zero-order chi connectivity index (χ0) is 20.1. The van der Waals surface area contributed by atoms with Gasteiger partial charge in [-0.2, -0.15) is 0 Å². The molecule has 0 saturated carbocycles. The molecule has 7 nitrogen and oxygen atoms in total. The highest BCUT2D eigenvalue weighted by Gasteiger charge is 2.28. The first-order valence-corrected chi connectivity index (χ1v) is 9.68. The van der Waals surface area contributed by atoms with Crippen LogP contribution in [-0.4, -0.2) is 32.0 Å². The minimum Gasteiger partial charge on any atom is -0.351 e. The van der Waals surface area contributed by atoms with E-state index in [0.717, 1.165) is 11.3 Å². The topological polar surface area (TPSA) is 103 Å². The molecule has 3 rings (SSSR count). The van der Waals surface area contributed by atoms with Gasteiger partial charge in [0.2, 0.25) is 5.91 Å². The summed E-state index contributed by atoms with van der Waals surface area (Å²) >= 11 is 1.25. The number of primary amides is 1. The van der Waals surface area contributed by atoms with E-state index in [1.807, 2.05) is 79.1 Å². The third-order valence-corrected chi connectivity index (χ3v) is 5.51. The number of nitrogens with zero attached hydrogens (tertiary/aromatic N) is 3. The second-order valence-corrected chi connectivity index (χ2v) is 7.59. The number of hydrogen-bond acceptors (Lipinski definition) is 5. The lowest BCUT2D eigenvalue weighted by molar-refractivity contribution is -0.120. The van der Waals surface area contributed by atoms with Crippen molar-refractivity contribution in [3.63, 3.8) is 0 Å². The zero-order valence-corrected chi connectivity index (χ0v) is 16.4. The van der Waals surface area contributed by atoms with Crippen LogP contribution in [-0.2, 0) is 4.79 Å². The molecule has 0 radical (unpaired) electrons. The summed E-state index contributed by atoms with van der Waals surface area (Å²) in [7, 11) is 0. The van der Waals surface area contributed by atoms with Crippen LogP contribution < -0.4 is 11.1 Å². The predicted molar refractivity (Wildman–Crippen MR) is 109 cm³/mol. The highest BCUT2D eigenvalue weighted by molar-refractivity contribution is 8.00. The predicted octanol–water partition coefficient (Wildman–Crippen LogP) is 3.25. The van der Waals surface area contributed by atoms with Gasteiger partial charge in [0.15, 0.2) is 11.0 Å². The third kappa shape index (κ3) is 4.40. The lowest BCUT2D eigenvalue weighted by Crippen LogP contribution is -2.42. The van der Waals surface area contributed by atoms with Gasteiger partial charge in [-0.1, -0.05) is 74.1 Å². The number of thioether (sulfide) groups is 1. The molecule has 0 unspecified atom stereocenters. The maximum Gasteiger partial charge on any atom is 0.318 e. The van der Waals surface area contributed by atoms with Crippen molar-refractivity contribution >= 4 is 23.7 Å². The minimum atomic E-state index is -0.870. The van der Waals surface area contributed by atoms with Gasteiger partial charge in [0.05, 0.1) is 5.25 Å². The summed E-state index contributed by atoms with van der Waals surface area (Å²) in [5, 5.41) is 10.9. The molecule has 0 bridgehead atoms. The van der Waals surface area contributed by atoms with Crippen LogP contribution in [0.5, 0.6) is 0 Å².